The molecule has 1 aromatic carbocycles. The Morgan fingerprint density at radius 3 is 2.53 bits per heavy atom. The minimum atomic E-state index is -0.246. The van der Waals surface area contributed by atoms with E-state index in [1.165, 1.54) is 12.1 Å². The van der Waals surface area contributed by atoms with E-state index < -0.39 is 0 Å². The Bertz CT molecular complexity index is 352. The summed E-state index contributed by atoms with van der Waals surface area (Å²) in [5, 5.41) is 0. The van der Waals surface area contributed by atoms with Crippen LogP contribution in [0.25, 0.3) is 0 Å². The molecule has 17 heavy (non-hydrogen) atoms. The van der Waals surface area contributed by atoms with Gasteiger partial charge in [0.15, 0.2) is 0 Å². The molecule has 3 heteroatoms. The molecule has 0 radical (unpaired) electrons. The van der Waals surface area contributed by atoms with Crippen molar-refractivity contribution in [2.75, 3.05) is 0 Å². The highest BCUT2D eigenvalue weighted by molar-refractivity contribution is 5.27. The molecule has 0 saturated carbocycles. The average molecular weight is 239 g/mol. The molecule has 0 aliphatic carbocycles. The number of hydrogen-bond acceptors (Lipinski definition) is 2. The van der Waals surface area contributed by atoms with Crippen LogP contribution in [0.4, 0.5) is 4.39 Å². The van der Waals surface area contributed by atoms with Crippen LogP contribution in [0.1, 0.15) is 38.3 Å². The Hall–Kier alpha value is -0.930. The molecule has 0 fully saturated rings. The maximum Gasteiger partial charge on any atom is 0.123 e. The van der Waals surface area contributed by atoms with Crippen molar-refractivity contribution in [1.82, 2.24) is 0 Å². The van der Waals surface area contributed by atoms with Crippen molar-refractivity contribution in [2.24, 2.45) is 11.7 Å². The van der Waals surface area contributed by atoms with Gasteiger partial charge in [-0.1, -0.05) is 19.9 Å². The summed E-state index contributed by atoms with van der Waals surface area (Å²) in [7, 11) is 0. The molecular formula is C14H22FNO. The molecule has 0 spiro atoms. The molecule has 0 saturated heterocycles. The summed E-state index contributed by atoms with van der Waals surface area (Å²) in [5.74, 6) is 0.372. The Morgan fingerprint density at radius 2 is 1.94 bits per heavy atom. The molecule has 2 N–H and O–H groups in total. The van der Waals surface area contributed by atoms with E-state index >= 15 is 0 Å². The molecule has 0 amide bonds. The summed E-state index contributed by atoms with van der Waals surface area (Å²) in [6.45, 7) is 7.24. The number of benzene rings is 1. The number of rotatable bonds is 6. The molecule has 1 atom stereocenters. The van der Waals surface area contributed by atoms with E-state index in [9.17, 15) is 4.39 Å². The summed E-state index contributed by atoms with van der Waals surface area (Å²) in [4.78, 5) is 0. The van der Waals surface area contributed by atoms with Crippen LogP contribution in [0, 0.1) is 11.7 Å². The predicted molar refractivity (Wildman–Crippen MR) is 68.0 cm³/mol. The fourth-order valence-corrected chi connectivity index (χ4v) is 1.89. The van der Waals surface area contributed by atoms with E-state index in [0.717, 1.165) is 17.5 Å². The third-order valence-corrected chi connectivity index (χ3v) is 2.71. The van der Waals surface area contributed by atoms with E-state index in [-0.39, 0.29) is 11.9 Å². The molecule has 0 heterocycles. The van der Waals surface area contributed by atoms with E-state index in [2.05, 4.69) is 20.8 Å². The second-order valence-electron chi connectivity index (χ2n) is 4.87. The minimum Gasteiger partial charge on any atom is -0.374 e. The Labute approximate surface area is 103 Å². The van der Waals surface area contributed by atoms with Crippen molar-refractivity contribution in [3.8, 4) is 0 Å². The molecule has 0 aliphatic rings. The van der Waals surface area contributed by atoms with Crippen LogP contribution in [-0.4, -0.2) is 6.10 Å². The quantitative estimate of drug-likeness (QED) is 0.827. The SMILES string of the molecule is CC(C)CC(C)OCc1ccc(F)cc1CN. The first kappa shape index (κ1) is 14.1. The van der Waals surface area contributed by atoms with Gasteiger partial charge in [-0.2, -0.15) is 0 Å². The predicted octanol–water partition coefficient (Wildman–Crippen LogP) is 3.24. The summed E-state index contributed by atoms with van der Waals surface area (Å²) < 4.78 is 18.8. The number of ether oxygens (including phenoxy) is 1. The molecule has 2 nitrogen and oxygen atoms in total. The third-order valence-electron chi connectivity index (χ3n) is 2.71. The van der Waals surface area contributed by atoms with Crippen molar-refractivity contribution in [3.63, 3.8) is 0 Å². The zero-order valence-electron chi connectivity index (χ0n) is 10.9. The van der Waals surface area contributed by atoms with Crippen LogP contribution in [0.15, 0.2) is 18.2 Å². The molecule has 1 rings (SSSR count). The molecular weight excluding hydrogens is 217 g/mol. The Morgan fingerprint density at radius 1 is 1.24 bits per heavy atom. The van der Waals surface area contributed by atoms with Gasteiger partial charge in [0.2, 0.25) is 0 Å². The lowest BCUT2D eigenvalue weighted by atomic mass is 10.1. The maximum absolute atomic E-state index is 13.0. The van der Waals surface area contributed by atoms with Gasteiger partial charge in [0, 0.05) is 6.54 Å². The van der Waals surface area contributed by atoms with Gasteiger partial charge in [-0.25, -0.2) is 4.39 Å². The fraction of sp³-hybridized carbons (Fsp3) is 0.571. The molecule has 1 unspecified atom stereocenters. The minimum absolute atomic E-state index is 0.214. The first-order valence-electron chi connectivity index (χ1n) is 6.12. The molecule has 0 aromatic heterocycles. The van der Waals surface area contributed by atoms with E-state index in [0.29, 0.717) is 19.1 Å². The zero-order valence-corrected chi connectivity index (χ0v) is 10.9. The highest BCUT2D eigenvalue weighted by atomic mass is 19.1. The summed E-state index contributed by atoms with van der Waals surface area (Å²) >= 11 is 0. The van der Waals surface area contributed by atoms with Crippen LogP contribution in [-0.2, 0) is 17.9 Å². The van der Waals surface area contributed by atoms with E-state index in [1.54, 1.807) is 6.07 Å². The van der Waals surface area contributed by atoms with Crippen LogP contribution in [0.3, 0.4) is 0 Å². The van der Waals surface area contributed by atoms with Gasteiger partial charge in [-0.05, 0) is 42.5 Å². The standard InChI is InChI=1S/C14H22FNO/c1-10(2)6-11(3)17-9-12-4-5-14(15)7-13(12)8-16/h4-5,7,10-11H,6,8-9,16H2,1-3H3. The number of halogens is 1. The van der Waals surface area contributed by atoms with Gasteiger partial charge >= 0.3 is 0 Å². The highest BCUT2D eigenvalue weighted by Crippen LogP contribution is 2.15. The lowest BCUT2D eigenvalue weighted by molar-refractivity contribution is 0.0393. The van der Waals surface area contributed by atoms with Crippen molar-refractivity contribution >= 4 is 0 Å². The molecule has 1 aromatic rings. The molecule has 96 valence electrons. The highest BCUT2D eigenvalue weighted by Gasteiger charge is 2.08. The summed E-state index contributed by atoms with van der Waals surface area (Å²) in [5.41, 5.74) is 7.38. The van der Waals surface area contributed by atoms with Gasteiger partial charge in [0.25, 0.3) is 0 Å². The second-order valence-corrected chi connectivity index (χ2v) is 4.87. The van der Waals surface area contributed by atoms with Crippen molar-refractivity contribution in [2.45, 2.75) is 46.4 Å². The normalized spacial score (nSPS) is 13.1. The zero-order chi connectivity index (χ0) is 12.8. The monoisotopic (exact) mass is 239 g/mol. The topological polar surface area (TPSA) is 35.2 Å². The summed E-state index contributed by atoms with van der Waals surface area (Å²) in [6, 6.07) is 4.68. The van der Waals surface area contributed by atoms with Crippen LogP contribution in [0.5, 0.6) is 0 Å². The van der Waals surface area contributed by atoms with Crippen LogP contribution >= 0.6 is 0 Å². The fourth-order valence-electron chi connectivity index (χ4n) is 1.89. The first-order chi connectivity index (χ1) is 8.02. The van der Waals surface area contributed by atoms with Gasteiger partial charge in [-0.15, -0.1) is 0 Å². The maximum atomic E-state index is 13.0. The van der Waals surface area contributed by atoms with Crippen LogP contribution < -0.4 is 5.73 Å². The van der Waals surface area contributed by atoms with E-state index in [4.69, 9.17) is 10.5 Å². The van der Waals surface area contributed by atoms with Gasteiger partial charge in [-0.3, -0.25) is 0 Å². The van der Waals surface area contributed by atoms with Crippen molar-refractivity contribution in [1.29, 1.82) is 0 Å². The Kier molecular flexibility index (Phi) is 5.59. The van der Waals surface area contributed by atoms with Gasteiger partial charge in [0.05, 0.1) is 12.7 Å². The second kappa shape index (κ2) is 6.72. The van der Waals surface area contributed by atoms with Crippen LogP contribution in [0.2, 0.25) is 0 Å². The average Bonchev–Trinajstić information content (AvgIpc) is 2.26. The third kappa shape index (κ3) is 4.84. The number of hydrogen-bond donors (Lipinski definition) is 1. The summed E-state index contributed by atoms with van der Waals surface area (Å²) in [6.07, 6.45) is 1.24. The Balaban J connectivity index is 2.56. The first-order valence-corrected chi connectivity index (χ1v) is 6.12. The number of nitrogens with two attached hydrogens (primary N) is 1. The molecule has 0 bridgehead atoms. The van der Waals surface area contributed by atoms with Gasteiger partial charge < -0.3 is 10.5 Å². The lowest BCUT2D eigenvalue weighted by Gasteiger charge is -2.16. The largest absolute Gasteiger partial charge is 0.374 e. The van der Waals surface area contributed by atoms with Crippen molar-refractivity contribution in [3.05, 3.63) is 35.1 Å². The molecule has 0 aliphatic heterocycles. The van der Waals surface area contributed by atoms with E-state index in [1.807, 2.05) is 0 Å². The smallest absolute Gasteiger partial charge is 0.123 e. The van der Waals surface area contributed by atoms with Crippen molar-refractivity contribution < 1.29 is 9.13 Å². The van der Waals surface area contributed by atoms with Gasteiger partial charge in [0.1, 0.15) is 5.82 Å². The lowest BCUT2D eigenvalue weighted by Crippen LogP contribution is -2.12.